The molecule has 1 aliphatic rings. The lowest BCUT2D eigenvalue weighted by Gasteiger charge is -2.36. The minimum atomic E-state index is -0.341. The standard InChI is InChI=1S/C27H27N5O3/c1-20-6-5-7-21(18-20)28-27(34)24-11-10-23(35-24)19-32-26(33)13-12-25(29-32)31-16-14-30(15-17-31)22-8-3-2-4-9-22/h2-13,18H,14-17,19H2,1H3,(H,28,34). The lowest BCUT2D eigenvalue weighted by Crippen LogP contribution is -2.47. The number of carbonyl (C=O) groups excluding carboxylic acids is 1. The zero-order valence-electron chi connectivity index (χ0n) is 19.6. The number of amides is 1. The van der Waals surface area contributed by atoms with Crippen molar-refractivity contribution in [1.82, 2.24) is 9.78 Å². The summed E-state index contributed by atoms with van der Waals surface area (Å²) in [6.45, 7) is 5.48. The number of aromatic nitrogens is 2. The largest absolute Gasteiger partial charge is 0.454 e. The van der Waals surface area contributed by atoms with Gasteiger partial charge in [-0.1, -0.05) is 30.3 Å². The van der Waals surface area contributed by atoms with Gasteiger partial charge in [-0.2, -0.15) is 5.10 Å². The van der Waals surface area contributed by atoms with Gasteiger partial charge in [-0.3, -0.25) is 9.59 Å². The fraction of sp³-hybridized carbons (Fsp3) is 0.222. The molecule has 2 aromatic carbocycles. The van der Waals surface area contributed by atoms with Crippen LogP contribution in [0.25, 0.3) is 0 Å². The van der Waals surface area contributed by atoms with Gasteiger partial charge in [0.15, 0.2) is 5.76 Å². The molecule has 1 fully saturated rings. The molecule has 178 valence electrons. The molecule has 3 heterocycles. The Morgan fingerprint density at radius 2 is 1.69 bits per heavy atom. The van der Waals surface area contributed by atoms with Crippen LogP contribution in [0.5, 0.6) is 0 Å². The number of anilines is 3. The summed E-state index contributed by atoms with van der Waals surface area (Å²) in [6.07, 6.45) is 0. The van der Waals surface area contributed by atoms with Gasteiger partial charge in [-0.25, -0.2) is 4.68 Å². The summed E-state index contributed by atoms with van der Waals surface area (Å²) < 4.78 is 7.10. The molecule has 0 aliphatic carbocycles. The van der Waals surface area contributed by atoms with Crippen LogP contribution < -0.4 is 20.7 Å². The van der Waals surface area contributed by atoms with Crippen molar-refractivity contribution in [1.29, 1.82) is 0 Å². The van der Waals surface area contributed by atoms with Crippen LogP contribution in [-0.4, -0.2) is 41.9 Å². The van der Waals surface area contributed by atoms with E-state index >= 15 is 0 Å². The number of carbonyl (C=O) groups is 1. The van der Waals surface area contributed by atoms with Gasteiger partial charge in [0.05, 0.1) is 0 Å². The van der Waals surface area contributed by atoms with Gasteiger partial charge in [0.1, 0.15) is 18.1 Å². The number of nitrogens with one attached hydrogen (secondary N) is 1. The Hall–Kier alpha value is -4.33. The van der Waals surface area contributed by atoms with Crippen LogP contribution in [-0.2, 0) is 6.54 Å². The number of aryl methyl sites for hydroxylation is 1. The molecule has 8 nitrogen and oxygen atoms in total. The van der Waals surface area contributed by atoms with Crippen molar-refractivity contribution in [3.63, 3.8) is 0 Å². The van der Waals surface area contributed by atoms with Gasteiger partial charge < -0.3 is 19.5 Å². The van der Waals surface area contributed by atoms with Gasteiger partial charge in [-0.15, -0.1) is 0 Å². The van der Waals surface area contributed by atoms with Crippen LogP contribution in [0.15, 0.2) is 88.1 Å². The van der Waals surface area contributed by atoms with E-state index in [-0.39, 0.29) is 23.8 Å². The summed E-state index contributed by atoms with van der Waals surface area (Å²) >= 11 is 0. The summed E-state index contributed by atoms with van der Waals surface area (Å²) in [4.78, 5) is 29.5. The van der Waals surface area contributed by atoms with Crippen molar-refractivity contribution >= 4 is 23.1 Å². The first-order chi connectivity index (χ1) is 17.0. The third-order valence-corrected chi connectivity index (χ3v) is 6.04. The van der Waals surface area contributed by atoms with Gasteiger partial charge in [0.2, 0.25) is 0 Å². The molecule has 0 spiro atoms. The van der Waals surface area contributed by atoms with Gasteiger partial charge in [0.25, 0.3) is 11.5 Å². The minimum Gasteiger partial charge on any atom is -0.454 e. The van der Waals surface area contributed by atoms with E-state index in [1.54, 1.807) is 18.2 Å². The number of furan rings is 1. The summed E-state index contributed by atoms with van der Waals surface area (Å²) in [5, 5.41) is 7.40. The second-order valence-corrected chi connectivity index (χ2v) is 8.59. The van der Waals surface area contributed by atoms with Crippen LogP contribution in [0.4, 0.5) is 17.2 Å². The third-order valence-electron chi connectivity index (χ3n) is 6.04. The Labute approximate surface area is 203 Å². The predicted molar refractivity (Wildman–Crippen MR) is 136 cm³/mol. The summed E-state index contributed by atoms with van der Waals surface area (Å²) in [7, 11) is 0. The maximum atomic E-state index is 12.5. The van der Waals surface area contributed by atoms with E-state index in [4.69, 9.17) is 4.42 Å². The van der Waals surface area contributed by atoms with Crippen molar-refractivity contribution < 1.29 is 9.21 Å². The Kier molecular flexibility index (Phi) is 6.34. The third kappa shape index (κ3) is 5.27. The zero-order chi connectivity index (χ0) is 24.2. The number of hydrogen-bond donors (Lipinski definition) is 1. The smallest absolute Gasteiger partial charge is 0.291 e. The Bertz CT molecular complexity index is 1370. The average Bonchev–Trinajstić information content (AvgIpc) is 3.35. The van der Waals surface area contributed by atoms with Crippen LogP contribution >= 0.6 is 0 Å². The Balaban J connectivity index is 1.24. The lowest BCUT2D eigenvalue weighted by molar-refractivity contribution is 0.0994. The predicted octanol–water partition coefficient (Wildman–Crippen LogP) is 3.77. The molecule has 2 aromatic heterocycles. The first-order valence-electron chi connectivity index (χ1n) is 11.6. The van der Waals surface area contributed by atoms with Crippen LogP contribution in [0, 0.1) is 6.92 Å². The van der Waals surface area contributed by atoms with E-state index < -0.39 is 0 Å². The molecule has 1 saturated heterocycles. The van der Waals surface area contributed by atoms with Crippen molar-refractivity contribution in [2.24, 2.45) is 0 Å². The second kappa shape index (κ2) is 9.89. The summed E-state index contributed by atoms with van der Waals surface area (Å²) in [5.41, 5.74) is 2.74. The number of nitrogens with zero attached hydrogens (tertiary/aromatic N) is 4. The number of piperazine rings is 1. The molecule has 4 aromatic rings. The van der Waals surface area contributed by atoms with Crippen molar-refractivity contribution in [3.8, 4) is 0 Å². The molecule has 1 amide bonds. The molecule has 0 radical (unpaired) electrons. The first kappa shape index (κ1) is 22.5. The van der Waals surface area contributed by atoms with Crippen molar-refractivity contribution in [2.45, 2.75) is 13.5 Å². The molecule has 0 bridgehead atoms. The van der Waals surface area contributed by atoms with Gasteiger partial charge in [-0.05, 0) is 55.0 Å². The fourth-order valence-electron chi connectivity index (χ4n) is 4.20. The number of benzene rings is 2. The molecule has 5 rings (SSSR count). The highest BCUT2D eigenvalue weighted by atomic mass is 16.4. The van der Waals surface area contributed by atoms with Crippen molar-refractivity contribution in [2.75, 3.05) is 41.3 Å². The monoisotopic (exact) mass is 469 g/mol. The van der Waals surface area contributed by atoms with Crippen LogP contribution in [0.1, 0.15) is 21.9 Å². The maximum Gasteiger partial charge on any atom is 0.291 e. The highest BCUT2D eigenvalue weighted by Crippen LogP contribution is 2.19. The molecule has 0 atom stereocenters. The van der Waals surface area contributed by atoms with Gasteiger partial charge >= 0.3 is 0 Å². The highest BCUT2D eigenvalue weighted by molar-refractivity contribution is 6.02. The minimum absolute atomic E-state index is 0.147. The Morgan fingerprint density at radius 3 is 2.46 bits per heavy atom. The molecular formula is C27H27N5O3. The number of rotatable bonds is 6. The summed E-state index contributed by atoms with van der Waals surface area (Å²) in [5.74, 6) is 1.08. The normalized spacial score (nSPS) is 13.6. The highest BCUT2D eigenvalue weighted by Gasteiger charge is 2.19. The molecular weight excluding hydrogens is 442 g/mol. The zero-order valence-corrected chi connectivity index (χ0v) is 19.6. The molecule has 0 saturated carbocycles. The van der Waals surface area contributed by atoms with Crippen LogP contribution in [0.2, 0.25) is 0 Å². The first-order valence-corrected chi connectivity index (χ1v) is 11.6. The van der Waals surface area contributed by atoms with E-state index in [1.807, 2.05) is 49.4 Å². The topological polar surface area (TPSA) is 83.6 Å². The van der Waals surface area contributed by atoms with E-state index in [9.17, 15) is 9.59 Å². The van der Waals surface area contributed by atoms with Crippen LogP contribution in [0.3, 0.4) is 0 Å². The lowest BCUT2D eigenvalue weighted by atomic mass is 10.2. The van der Waals surface area contributed by atoms with Gasteiger partial charge in [0, 0.05) is 43.6 Å². The summed E-state index contributed by atoms with van der Waals surface area (Å²) in [6, 6.07) is 24.5. The number of hydrogen-bond acceptors (Lipinski definition) is 6. The maximum absolute atomic E-state index is 12.5. The average molecular weight is 470 g/mol. The van der Waals surface area contributed by atoms with Crippen molar-refractivity contribution in [3.05, 3.63) is 106 Å². The number of para-hydroxylation sites is 1. The Morgan fingerprint density at radius 1 is 0.914 bits per heavy atom. The van der Waals surface area contributed by atoms with E-state index in [2.05, 4.69) is 32.3 Å². The molecule has 1 N–H and O–H groups in total. The molecule has 0 unspecified atom stereocenters. The van der Waals surface area contributed by atoms with E-state index in [0.717, 1.165) is 37.6 Å². The van der Waals surface area contributed by atoms with E-state index in [1.165, 1.54) is 16.4 Å². The quantitative estimate of drug-likeness (QED) is 0.463. The molecule has 8 heteroatoms. The second-order valence-electron chi connectivity index (χ2n) is 8.59. The molecule has 35 heavy (non-hydrogen) atoms. The molecule has 1 aliphatic heterocycles. The van der Waals surface area contributed by atoms with E-state index in [0.29, 0.717) is 11.4 Å². The fourth-order valence-corrected chi connectivity index (χ4v) is 4.20. The SMILES string of the molecule is Cc1cccc(NC(=O)c2ccc(Cn3nc(N4CCN(c5ccccc5)CC4)ccc3=O)o2)c1.